The highest BCUT2D eigenvalue weighted by Gasteiger charge is 2.19. The van der Waals surface area contributed by atoms with Gasteiger partial charge in [0, 0.05) is 19.3 Å². The second-order valence-corrected chi connectivity index (χ2v) is 14.4. The number of rotatable bonds is 36. The predicted octanol–water partition coefficient (Wildman–Crippen LogP) is 12.4. The molecule has 0 aromatic rings. The van der Waals surface area contributed by atoms with Crippen LogP contribution in [0.25, 0.3) is 0 Å². The molecule has 0 aromatic carbocycles. The minimum absolute atomic E-state index is 0.0656. The number of unbranched alkanes of at least 4 members (excludes halogenated alkanes) is 23. The summed E-state index contributed by atoms with van der Waals surface area (Å²) in [6.07, 6.45) is 32.6. The highest BCUT2D eigenvalue weighted by molar-refractivity contribution is 5.71. The molecule has 6 heteroatoms. The third-order valence-corrected chi connectivity index (χ3v) is 9.04. The van der Waals surface area contributed by atoms with E-state index in [0.717, 1.165) is 70.1 Å². The van der Waals surface area contributed by atoms with Crippen molar-refractivity contribution in [1.29, 1.82) is 0 Å². The summed E-state index contributed by atoms with van der Waals surface area (Å²) in [6, 6.07) is 0. The SMILES string of the molecule is CCCCCCCCCCCCC(=O)OC[C@H](COC(=O)CCCCCCC)OC(=O)CCCCCCCCCCCCCC(C)C. The lowest BCUT2D eigenvalue weighted by molar-refractivity contribution is -0.167. The Hall–Kier alpha value is -1.59. The lowest BCUT2D eigenvalue weighted by Crippen LogP contribution is -2.30. The monoisotopic (exact) mass is 667 g/mol. The number of esters is 3. The van der Waals surface area contributed by atoms with Gasteiger partial charge in [0.15, 0.2) is 6.10 Å². The van der Waals surface area contributed by atoms with E-state index in [1.165, 1.54) is 109 Å². The number of hydrogen-bond acceptors (Lipinski definition) is 6. The quantitative estimate of drug-likeness (QED) is 0.0376. The molecule has 0 N–H and O–H groups in total. The summed E-state index contributed by atoms with van der Waals surface area (Å²) in [7, 11) is 0. The zero-order chi connectivity index (χ0) is 34.6. The van der Waals surface area contributed by atoms with Gasteiger partial charge in [-0.3, -0.25) is 14.4 Å². The van der Waals surface area contributed by atoms with Gasteiger partial charge in [-0.2, -0.15) is 0 Å². The fraction of sp³-hybridized carbons (Fsp3) is 0.927. The highest BCUT2D eigenvalue weighted by Crippen LogP contribution is 2.15. The van der Waals surface area contributed by atoms with Crippen LogP contribution in [0.15, 0.2) is 0 Å². The summed E-state index contributed by atoms with van der Waals surface area (Å²) in [5, 5.41) is 0. The van der Waals surface area contributed by atoms with Crippen LogP contribution in [0.2, 0.25) is 0 Å². The lowest BCUT2D eigenvalue weighted by atomic mass is 10.0. The van der Waals surface area contributed by atoms with Gasteiger partial charge in [0.1, 0.15) is 13.2 Å². The zero-order valence-electron chi connectivity index (χ0n) is 31.7. The summed E-state index contributed by atoms with van der Waals surface area (Å²) in [6.45, 7) is 8.88. The van der Waals surface area contributed by atoms with Crippen LogP contribution in [-0.4, -0.2) is 37.2 Å². The second kappa shape index (κ2) is 35.7. The van der Waals surface area contributed by atoms with Crippen LogP contribution in [-0.2, 0) is 28.6 Å². The van der Waals surface area contributed by atoms with Gasteiger partial charge in [0.05, 0.1) is 0 Å². The number of ether oxygens (including phenoxy) is 3. The van der Waals surface area contributed by atoms with E-state index in [1.54, 1.807) is 0 Å². The van der Waals surface area contributed by atoms with Crippen LogP contribution in [0.3, 0.4) is 0 Å². The molecular formula is C41H78O6. The van der Waals surface area contributed by atoms with Crippen LogP contribution in [0.4, 0.5) is 0 Å². The van der Waals surface area contributed by atoms with Crippen molar-refractivity contribution in [3.63, 3.8) is 0 Å². The third-order valence-electron chi connectivity index (χ3n) is 9.04. The molecule has 278 valence electrons. The molecule has 0 aliphatic carbocycles. The zero-order valence-corrected chi connectivity index (χ0v) is 31.7. The van der Waals surface area contributed by atoms with Crippen molar-refractivity contribution in [3.05, 3.63) is 0 Å². The summed E-state index contributed by atoms with van der Waals surface area (Å²) in [4.78, 5) is 37.3. The van der Waals surface area contributed by atoms with E-state index in [0.29, 0.717) is 19.3 Å². The Kier molecular flexibility index (Phi) is 34.5. The summed E-state index contributed by atoms with van der Waals surface area (Å²) < 4.78 is 16.5. The van der Waals surface area contributed by atoms with Crippen LogP contribution in [0.5, 0.6) is 0 Å². The average Bonchev–Trinajstić information content (AvgIpc) is 3.05. The van der Waals surface area contributed by atoms with Crippen molar-refractivity contribution in [2.75, 3.05) is 13.2 Å². The van der Waals surface area contributed by atoms with Gasteiger partial charge in [0.25, 0.3) is 0 Å². The molecule has 0 fully saturated rings. The molecule has 0 aliphatic rings. The first-order chi connectivity index (χ1) is 22.9. The van der Waals surface area contributed by atoms with Crippen LogP contribution in [0, 0.1) is 5.92 Å². The molecule has 0 bridgehead atoms. The Morgan fingerprint density at radius 1 is 0.404 bits per heavy atom. The van der Waals surface area contributed by atoms with Gasteiger partial charge in [-0.1, -0.05) is 182 Å². The van der Waals surface area contributed by atoms with Crippen LogP contribution >= 0.6 is 0 Å². The predicted molar refractivity (Wildman–Crippen MR) is 196 cm³/mol. The molecule has 6 nitrogen and oxygen atoms in total. The van der Waals surface area contributed by atoms with Crippen molar-refractivity contribution in [2.24, 2.45) is 5.92 Å². The van der Waals surface area contributed by atoms with E-state index in [1.807, 2.05) is 0 Å². The van der Waals surface area contributed by atoms with Crippen LogP contribution in [0.1, 0.15) is 220 Å². The Bertz CT molecular complexity index is 706. The minimum Gasteiger partial charge on any atom is -0.462 e. The van der Waals surface area contributed by atoms with Crippen molar-refractivity contribution >= 4 is 17.9 Å². The summed E-state index contributed by atoms with van der Waals surface area (Å²) in [5.41, 5.74) is 0. The van der Waals surface area contributed by atoms with Gasteiger partial charge in [-0.15, -0.1) is 0 Å². The van der Waals surface area contributed by atoms with E-state index in [-0.39, 0.29) is 31.1 Å². The van der Waals surface area contributed by atoms with Crippen LogP contribution < -0.4 is 0 Å². The van der Waals surface area contributed by atoms with E-state index >= 15 is 0 Å². The van der Waals surface area contributed by atoms with Crippen molar-refractivity contribution in [1.82, 2.24) is 0 Å². The number of hydrogen-bond donors (Lipinski definition) is 0. The molecular weight excluding hydrogens is 588 g/mol. The Labute approximate surface area is 291 Å². The summed E-state index contributed by atoms with van der Waals surface area (Å²) >= 11 is 0. The molecule has 0 amide bonds. The molecule has 0 spiro atoms. The fourth-order valence-electron chi connectivity index (χ4n) is 5.92. The fourth-order valence-corrected chi connectivity index (χ4v) is 5.92. The molecule has 0 aromatic heterocycles. The first kappa shape index (κ1) is 45.4. The molecule has 0 unspecified atom stereocenters. The number of carbonyl (C=O) groups is 3. The molecule has 0 rings (SSSR count). The highest BCUT2D eigenvalue weighted by atomic mass is 16.6. The largest absolute Gasteiger partial charge is 0.462 e. The number of carbonyl (C=O) groups excluding carboxylic acids is 3. The van der Waals surface area contributed by atoms with E-state index < -0.39 is 6.10 Å². The second-order valence-electron chi connectivity index (χ2n) is 14.4. The third kappa shape index (κ3) is 35.5. The average molecular weight is 667 g/mol. The molecule has 47 heavy (non-hydrogen) atoms. The van der Waals surface area contributed by atoms with Crippen molar-refractivity contribution in [3.8, 4) is 0 Å². The summed E-state index contributed by atoms with van der Waals surface area (Å²) in [5.74, 6) is -0.0514. The Morgan fingerprint density at radius 2 is 0.702 bits per heavy atom. The van der Waals surface area contributed by atoms with E-state index in [2.05, 4.69) is 27.7 Å². The first-order valence-corrected chi connectivity index (χ1v) is 20.4. The van der Waals surface area contributed by atoms with Gasteiger partial charge in [-0.25, -0.2) is 0 Å². The maximum atomic E-state index is 12.6. The van der Waals surface area contributed by atoms with Crippen molar-refractivity contribution < 1.29 is 28.6 Å². The maximum absolute atomic E-state index is 12.6. The standard InChI is InChI=1S/C41H78O6/c1-5-7-9-11-12-13-18-21-25-29-33-40(43)46-36-38(35-45-39(42)32-28-23-10-8-6-2)47-41(44)34-30-26-22-19-16-14-15-17-20-24-27-31-37(3)4/h37-38H,5-36H2,1-4H3/t38-/m0/s1. The first-order valence-electron chi connectivity index (χ1n) is 20.4. The Morgan fingerprint density at radius 3 is 1.04 bits per heavy atom. The molecule has 0 heterocycles. The van der Waals surface area contributed by atoms with Crippen molar-refractivity contribution in [2.45, 2.75) is 226 Å². The molecule has 0 aliphatic heterocycles. The van der Waals surface area contributed by atoms with Gasteiger partial charge < -0.3 is 14.2 Å². The topological polar surface area (TPSA) is 78.9 Å². The maximum Gasteiger partial charge on any atom is 0.306 e. The lowest BCUT2D eigenvalue weighted by Gasteiger charge is -2.18. The van der Waals surface area contributed by atoms with Gasteiger partial charge in [-0.05, 0) is 25.2 Å². The Balaban J connectivity index is 4.23. The van der Waals surface area contributed by atoms with E-state index in [4.69, 9.17) is 14.2 Å². The van der Waals surface area contributed by atoms with Gasteiger partial charge >= 0.3 is 17.9 Å². The smallest absolute Gasteiger partial charge is 0.306 e. The molecule has 0 saturated carbocycles. The van der Waals surface area contributed by atoms with E-state index in [9.17, 15) is 14.4 Å². The minimum atomic E-state index is -0.756. The molecule has 0 saturated heterocycles. The molecule has 1 atom stereocenters. The van der Waals surface area contributed by atoms with Gasteiger partial charge in [0.2, 0.25) is 0 Å². The normalized spacial score (nSPS) is 11.9. The molecule has 0 radical (unpaired) electrons.